The molecule has 1 unspecified atom stereocenters. The molecule has 2 aromatic rings. The molecular formula is C21H23NO3. The topological polar surface area (TPSA) is 57.6 Å². The van der Waals surface area contributed by atoms with E-state index in [0.717, 1.165) is 25.9 Å². The molecule has 1 N–H and O–H groups in total. The van der Waals surface area contributed by atoms with Crippen LogP contribution in [0.25, 0.3) is 11.1 Å². The van der Waals surface area contributed by atoms with Crippen molar-refractivity contribution >= 4 is 11.9 Å². The highest BCUT2D eigenvalue weighted by Crippen LogP contribution is 2.29. The molecule has 1 heterocycles. The zero-order valence-corrected chi connectivity index (χ0v) is 14.4. The number of carboxylic acid groups (broad SMARTS) is 1. The highest BCUT2D eigenvalue weighted by Gasteiger charge is 2.26. The second-order valence-corrected chi connectivity index (χ2v) is 6.56. The maximum atomic E-state index is 13.1. The predicted octanol–water partition coefficient (Wildman–Crippen LogP) is 4.31. The lowest BCUT2D eigenvalue weighted by atomic mass is 9.92. The Morgan fingerprint density at radius 3 is 2.28 bits per heavy atom. The molecule has 3 rings (SSSR count). The van der Waals surface area contributed by atoms with Crippen LogP contribution < -0.4 is 0 Å². The SMILES string of the molecule is CCC1CCCN(C(=O)c2ccccc2-c2ccccc2C(=O)O)C1. The summed E-state index contributed by atoms with van der Waals surface area (Å²) >= 11 is 0. The summed E-state index contributed by atoms with van der Waals surface area (Å²) in [6.07, 6.45) is 3.27. The van der Waals surface area contributed by atoms with Gasteiger partial charge in [0.1, 0.15) is 0 Å². The standard InChI is InChI=1S/C21H23NO3/c1-2-15-8-7-13-22(14-15)20(23)18-11-5-3-9-16(18)17-10-4-6-12-19(17)21(24)25/h3-6,9-12,15H,2,7-8,13-14H2,1H3,(H,24,25). The van der Waals surface area contributed by atoms with E-state index in [1.807, 2.05) is 23.1 Å². The fraction of sp³-hybridized carbons (Fsp3) is 0.333. The van der Waals surface area contributed by atoms with Crippen molar-refractivity contribution in [1.82, 2.24) is 4.90 Å². The number of amides is 1. The maximum absolute atomic E-state index is 13.1. The first-order valence-electron chi connectivity index (χ1n) is 8.82. The van der Waals surface area contributed by atoms with Crippen LogP contribution in [0.5, 0.6) is 0 Å². The Kier molecular flexibility index (Phi) is 5.17. The summed E-state index contributed by atoms with van der Waals surface area (Å²) in [5.41, 5.74) is 2.06. The smallest absolute Gasteiger partial charge is 0.336 e. The first kappa shape index (κ1) is 17.2. The molecule has 4 heteroatoms. The van der Waals surface area contributed by atoms with Crippen LogP contribution in [-0.2, 0) is 0 Å². The Morgan fingerprint density at radius 2 is 1.64 bits per heavy atom. The molecule has 0 aromatic heterocycles. The van der Waals surface area contributed by atoms with Crippen LogP contribution in [0.1, 0.15) is 46.9 Å². The van der Waals surface area contributed by atoms with Gasteiger partial charge < -0.3 is 10.0 Å². The predicted molar refractivity (Wildman–Crippen MR) is 97.8 cm³/mol. The third kappa shape index (κ3) is 3.58. The number of aromatic carboxylic acids is 1. The van der Waals surface area contributed by atoms with E-state index < -0.39 is 5.97 Å². The number of hydrogen-bond acceptors (Lipinski definition) is 2. The minimum atomic E-state index is -0.984. The van der Waals surface area contributed by atoms with Gasteiger partial charge in [0.2, 0.25) is 0 Å². The molecule has 1 aliphatic rings. The number of nitrogens with zero attached hydrogens (tertiary/aromatic N) is 1. The molecule has 1 saturated heterocycles. The van der Waals surface area contributed by atoms with Gasteiger partial charge in [-0.1, -0.05) is 49.7 Å². The quantitative estimate of drug-likeness (QED) is 0.904. The Morgan fingerprint density at radius 1 is 1.04 bits per heavy atom. The average molecular weight is 337 g/mol. The van der Waals surface area contributed by atoms with Gasteiger partial charge in [0, 0.05) is 18.7 Å². The van der Waals surface area contributed by atoms with Crippen molar-refractivity contribution < 1.29 is 14.7 Å². The lowest BCUT2D eigenvalue weighted by Gasteiger charge is -2.32. The van der Waals surface area contributed by atoms with Crippen LogP contribution in [0, 0.1) is 5.92 Å². The molecule has 25 heavy (non-hydrogen) atoms. The molecule has 0 spiro atoms. The number of piperidine rings is 1. The molecule has 1 atom stereocenters. The van der Waals surface area contributed by atoms with Gasteiger partial charge in [0.15, 0.2) is 0 Å². The van der Waals surface area contributed by atoms with Crippen molar-refractivity contribution in [3.63, 3.8) is 0 Å². The molecule has 2 aromatic carbocycles. The molecule has 1 fully saturated rings. The minimum Gasteiger partial charge on any atom is -0.478 e. The summed E-state index contributed by atoms with van der Waals surface area (Å²) < 4.78 is 0. The second kappa shape index (κ2) is 7.51. The molecule has 1 aliphatic heterocycles. The number of carboxylic acids is 1. The van der Waals surface area contributed by atoms with E-state index in [0.29, 0.717) is 22.6 Å². The first-order valence-corrected chi connectivity index (χ1v) is 8.82. The molecule has 0 bridgehead atoms. The molecule has 4 nitrogen and oxygen atoms in total. The van der Waals surface area contributed by atoms with Crippen molar-refractivity contribution in [1.29, 1.82) is 0 Å². The van der Waals surface area contributed by atoms with Crippen LogP contribution in [0.15, 0.2) is 48.5 Å². The van der Waals surface area contributed by atoms with Crippen LogP contribution >= 0.6 is 0 Å². The summed E-state index contributed by atoms with van der Waals surface area (Å²) in [7, 11) is 0. The van der Waals surface area contributed by atoms with Gasteiger partial charge in [0.25, 0.3) is 5.91 Å². The Labute approximate surface area is 148 Å². The van der Waals surface area contributed by atoms with Crippen LogP contribution in [0.3, 0.4) is 0 Å². The molecule has 0 aliphatic carbocycles. The number of hydrogen-bond donors (Lipinski definition) is 1. The van der Waals surface area contributed by atoms with Crippen molar-refractivity contribution in [2.75, 3.05) is 13.1 Å². The highest BCUT2D eigenvalue weighted by molar-refractivity contribution is 6.04. The number of carbonyl (C=O) groups excluding carboxylic acids is 1. The molecule has 1 amide bonds. The van der Waals surface area contributed by atoms with Crippen molar-refractivity contribution in [2.45, 2.75) is 26.2 Å². The molecular weight excluding hydrogens is 314 g/mol. The van der Waals surface area contributed by atoms with Crippen LogP contribution in [-0.4, -0.2) is 35.0 Å². The summed E-state index contributed by atoms with van der Waals surface area (Å²) in [5.74, 6) is -0.438. The summed E-state index contributed by atoms with van der Waals surface area (Å²) in [6.45, 7) is 3.71. The van der Waals surface area contributed by atoms with Gasteiger partial charge in [-0.25, -0.2) is 4.79 Å². The number of likely N-dealkylation sites (tertiary alicyclic amines) is 1. The van der Waals surface area contributed by atoms with Gasteiger partial charge in [-0.2, -0.15) is 0 Å². The zero-order chi connectivity index (χ0) is 17.8. The van der Waals surface area contributed by atoms with E-state index in [-0.39, 0.29) is 11.5 Å². The molecule has 130 valence electrons. The van der Waals surface area contributed by atoms with Crippen molar-refractivity contribution in [2.24, 2.45) is 5.92 Å². The number of benzene rings is 2. The highest BCUT2D eigenvalue weighted by atomic mass is 16.4. The second-order valence-electron chi connectivity index (χ2n) is 6.56. The maximum Gasteiger partial charge on any atom is 0.336 e. The molecule has 0 saturated carbocycles. The van der Waals surface area contributed by atoms with E-state index in [9.17, 15) is 14.7 Å². The summed E-state index contributed by atoms with van der Waals surface area (Å²) in [5, 5.41) is 9.48. The Balaban J connectivity index is 2.00. The zero-order valence-electron chi connectivity index (χ0n) is 14.4. The Hall–Kier alpha value is -2.62. The average Bonchev–Trinajstić information content (AvgIpc) is 2.67. The largest absolute Gasteiger partial charge is 0.478 e. The fourth-order valence-corrected chi connectivity index (χ4v) is 3.56. The molecule has 0 radical (unpaired) electrons. The normalized spacial score (nSPS) is 17.3. The lowest BCUT2D eigenvalue weighted by molar-refractivity contribution is 0.0668. The fourth-order valence-electron chi connectivity index (χ4n) is 3.56. The number of carbonyl (C=O) groups is 2. The summed E-state index contributed by atoms with van der Waals surface area (Å²) in [6, 6.07) is 14.2. The summed E-state index contributed by atoms with van der Waals surface area (Å²) in [4.78, 5) is 26.6. The minimum absolute atomic E-state index is 0.00561. The third-order valence-electron chi connectivity index (χ3n) is 4.99. The lowest BCUT2D eigenvalue weighted by Crippen LogP contribution is -2.40. The van der Waals surface area contributed by atoms with E-state index in [1.165, 1.54) is 6.42 Å². The van der Waals surface area contributed by atoms with Gasteiger partial charge in [-0.3, -0.25) is 4.79 Å². The first-order chi connectivity index (χ1) is 12.1. The van der Waals surface area contributed by atoms with E-state index in [1.54, 1.807) is 30.3 Å². The van der Waals surface area contributed by atoms with E-state index in [2.05, 4.69) is 6.92 Å². The monoisotopic (exact) mass is 337 g/mol. The van der Waals surface area contributed by atoms with Gasteiger partial charge in [-0.05, 0) is 42.0 Å². The van der Waals surface area contributed by atoms with Gasteiger partial charge in [0.05, 0.1) is 5.56 Å². The third-order valence-corrected chi connectivity index (χ3v) is 4.99. The van der Waals surface area contributed by atoms with Gasteiger partial charge in [-0.15, -0.1) is 0 Å². The van der Waals surface area contributed by atoms with Crippen molar-refractivity contribution in [3.8, 4) is 11.1 Å². The van der Waals surface area contributed by atoms with Gasteiger partial charge >= 0.3 is 5.97 Å². The van der Waals surface area contributed by atoms with E-state index >= 15 is 0 Å². The van der Waals surface area contributed by atoms with Crippen LogP contribution in [0.2, 0.25) is 0 Å². The number of rotatable bonds is 4. The Bertz CT molecular complexity index is 784. The van der Waals surface area contributed by atoms with Crippen molar-refractivity contribution in [3.05, 3.63) is 59.7 Å². The van der Waals surface area contributed by atoms with Crippen LogP contribution in [0.4, 0.5) is 0 Å². The van der Waals surface area contributed by atoms with E-state index in [4.69, 9.17) is 0 Å².